The number of nitrogens with one attached hydrogen (secondary N) is 1. The smallest absolute Gasteiger partial charge is 0.254 e. The first-order chi connectivity index (χ1) is 10.1. The van der Waals surface area contributed by atoms with Crippen LogP contribution in [0, 0.1) is 0 Å². The Bertz CT molecular complexity index is 543. The Morgan fingerprint density at radius 3 is 3.19 bits per heavy atom. The topological polar surface area (TPSA) is 67.4 Å². The highest BCUT2D eigenvalue weighted by Crippen LogP contribution is 2.22. The summed E-state index contributed by atoms with van der Waals surface area (Å²) in [6.45, 7) is 3.16. The average Bonchev–Trinajstić information content (AvgIpc) is 2.94. The van der Waals surface area contributed by atoms with Crippen LogP contribution in [0.5, 0.6) is 0 Å². The van der Waals surface area contributed by atoms with Crippen LogP contribution < -0.4 is 5.32 Å². The van der Waals surface area contributed by atoms with E-state index in [9.17, 15) is 4.79 Å². The van der Waals surface area contributed by atoms with E-state index in [2.05, 4.69) is 20.4 Å². The summed E-state index contributed by atoms with van der Waals surface area (Å²) in [5.74, 6) is -0.316. The molecule has 2 aliphatic heterocycles. The second-order valence-electron chi connectivity index (χ2n) is 5.33. The molecule has 2 saturated heterocycles. The van der Waals surface area contributed by atoms with Crippen molar-refractivity contribution in [2.24, 2.45) is 0 Å². The van der Waals surface area contributed by atoms with Gasteiger partial charge in [0.1, 0.15) is 0 Å². The minimum Gasteiger partial charge on any atom is -0.373 e. The van der Waals surface area contributed by atoms with Crippen molar-refractivity contribution in [1.82, 2.24) is 20.4 Å². The van der Waals surface area contributed by atoms with E-state index < -0.39 is 0 Å². The molecule has 114 valence electrons. The highest BCUT2D eigenvalue weighted by atomic mass is 35.5. The van der Waals surface area contributed by atoms with Crippen molar-refractivity contribution in [3.63, 3.8) is 0 Å². The molecule has 0 aromatic carbocycles. The summed E-state index contributed by atoms with van der Waals surface area (Å²) in [5.41, 5.74) is 0.228. The maximum Gasteiger partial charge on any atom is 0.254 e. The molecule has 2 unspecified atom stereocenters. The first-order valence-corrected chi connectivity index (χ1v) is 7.71. The predicted molar refractivity (Wildman–Crippen MR) is 78.7 cm³/mol. The molecule has 2 atom stereocenters. The SMILES string of the molecule is O=C(NCC1CN2CCCC2CO1)c1cc(Cl)nnc1Cl. The number of carbonyl (C=O) groups excluding carboxylic acids is 1. The summed E-state index contributed by atoms with van der Waals surface area (Å²) in [4.78, 5) is 14.5. The molecule has 8 heteroatoms. The zero-order valence-electron chi connectivity index (χ0n) is 11.4. The lowest BCUT2D eigenvalue weighted by Crippen LogP contribution is -2.50. The van der Waals surface area contributed by atoms with Crippen molar-refractivity contribution < 1.29 is 9.53 Å². The van der Waals surface area contributed by atoms with Gasteiger partial charge in [-0.2, -0.15) is 0 Å². The lowest BCUT2D eigenvalue weighted by Gasteiger charge is -2.35. The number of hydrogen-bond acceptors (Lipinski definition) is 5. The van der Waals surface area contributed by atoms with Crippen LogP contribution in [0.15, 0.2) is 6.07 Å². The zero-order valence-corrected chi connectivity index (χ0v) is 12.9. The second kappa shape index (κ2) is 6.44. The van der Waals surface area contributed by atoms with Crippen molar-refractivity contribution in [3.8, 4) is 0 Å². The van der Waals surface area contributed by atoms with Crippen molar-refractivity contribution >= 4 is 29.1 Å². The van der Waals surface area contributed by atoms with Crippen molar-refractivity contribution in [2.75, 3.05) is 26.2 Å². The summed E-state index contributed by atoms with van der Waals surface area (Å²) in [6.07, 6.45) is 2.44. The number of hydrogen-bond donors (Lipinski definition) is 1. The maximum atomic E-state index is 12.1. The van der Waals surface area contributed by atoms with Crippen LogP contribution >= 0.6 is 23.2 Å². The van der Waals surface area contributed by atoms with Crippen LogP contribution in [0.1, 0.15) is 23.2 Å². The number of morpholine rings is 1. The van der Waals surface area contributed by atoms with E-state index in [4.69, 9.17) is 27.9 Å². The normalized spacial score (nSPS) is 25.6. The van der Waals surface area contributed by atoms with Gasteiger partial charge in [-0.3, -0.25) is 9.69 Å². The van der Waals surface area contributed by atoms with Crippen molar-refractivity contribution in [3.05, 3.63) is 21.9 Å². The van der Waals surface area contributed by atoms with E-state index in [1.807, 2.05) is 0 Å². The van der Waals surface area contributed by atoms with Gasteiger partial charge in [-0.05, 0) is 25.5 Å². The molecule has 3 heterocycles. The molecule has 0 saturated carbocycles. The second-order valence-corrected chi connectivity index (χ2v) is 6.07. The van der Waals surface area contributed by atoms with Crippen LogP contribution in [0.2, 0.25) is 10.3 Å². The molecule has 6 nitrogen and oxygen atoms in total. The molecule has 2 fully saturated rings. The summed E-state index contributed by atoms with van der Waals surface area (Å²) in [6, 6.07) is 1.96. The van der Waals surface area contributed by atoms with Gasteiger partial charge in [0.15, 0.2) is 10.3 Å². The molecule has 1 aromatic heterocycles. The summed E-state index contributed by atoms with van der Waals surface area (Å²) < 4.78 is 5.79. The fourth-order valence-electron chi connectivity index (χ4n) is 2.82. The Labute approximate surface area is 132 Å². The van der Waals surface area contributed by atoms with E-state index in [1.165, 1.54) is 18.9 Å². The number of carbonyl (C=O) groups is 1. The van der Waals surface area contributed by atoms with Gasteiger partial charge in [-0.1, -0.05) is 23.2 Å². The molecule has 1 N–H and O–H groups in total. The lowest BCUT2D eigenvalue weighted by molar-refractivity contribution is -0.0461. The fourth-order valence-corrected chi connectivity index (χ4v) is 3.15. The van der Waals surface area contributed by atoms with Crippen LogP contribution in [-0.2, 0) is 4.74 Å². The third-order valence-corrected chi connectivity index (χ3v) is 4.38. The summed E-state index contributed by atoms with van der Waals surface area (Å²) >= 11 is 11.6. The Kier molecular flexibility index (Phi) is 4.59. The van der Waals surface area contributed by atoms with Crippen LogP contribution in [0.3, 0.4) is 0 Å². The van der Waals surface area contributed by atoms with Gasteiger partial charge < -0.3 is 10.1 Å². The first kappa shape index (κ1) is 15.0. The highest BCUT2D eigenvalue weighted by Gasteiger charge is 2.32. The van der Waals surface area contributed by atoms with Gasteiger partial charge in [0, 0.05) is 19.1 Å². The average molecular weight is 331 g/mol. The molecular formula is C13H16Cl2N4O2. The van der Waals surface area contributed by atoms with E-state index in [0.717, 1.165) is 19.7 Å². The Morgan fingerprint density at radius 1 is 1.48 bits per heavy atom. The summed E-state index contributed by atoms with van der Waals surface area (Å²) in [5, 5.41) is 10.2. The minimum absolute atomic E-state index is 0.00680. The van der Waals surface area contributed by atoms with Gasteiger partial charge in [0.2, 0.25) is 0 Å². The maximum absolute atomic E-state index is 12.1. The van der Waals surface area contributed by atoms with Gasteiger partial charge >= 0.3 is 0 Å². The Morgan fingerprint density at radius 2 is 2.33 bits per heavy atom. The van der Waals surface area contributed by atoms with Crippen molar-refractivity contribution in [1.29, 1.82) is 0 Å². The number of fused-ring (bicyclic) bond motifs is 1. The van der Waals surface area contributed by atoms with E-state index in [-0.39, 0.29) is 27.9 Å². The molecule has 1 aromatic rings. The van der Waals surface area contributed by atoms with Crippen LogP contribution in [0.25, 0.3) is 0 Å². The monoisotopic (exact) mass is 330 g/mol. The number of nitrogens with zero attached hydrogens (tertiary/aromatic N) is 3. The Balaban J connectivity index is 1.55. The third kappa shape index (κ3) is 3.45. The number of amides is 1. The predicted octanol–water partition coefficient (Wildman–Crippen LogP) is 1.38. The van der Waals surface area contributed by atoms with Crippen LogP contribution in [-0.4, -0.2) is 59.4 Å². The highest BCUT2D eigenvalue weighted by molar-refractivity contribution is 6.34. The number of rotatable bonds is 3. The minimum atomic E-state index is -0.316. The fraction of sp³-hybridized carbons (Fsp3) is 0.615. The Hall–Kier alpha value is -0.950. The van der Waals surface area contributed by atoms with Crippen LogP contribution in [0.4, 0.5) is 0 Å². The third-order valence-electron chi connectivity index (χ3n) is 3.92. The summed E-state index contributed by atoms with van der Waals surface area (Å²) in [7, 11) is 0. The van der Waals surface area contributed by atoms with E-state index in [0.29, 0.717) is 12.6 Å². The quantitative estimate of drug-likeness (QED) is 0.906. The molecule has 0 radical (unpaired) electrons. The van der Waals surface area contributed by atoms with Crippen molar-refractivity contribution in [2.45, 2.75) is 25.0 Å². The standard InChI is InChI=1S/C13H16Cl2N4O2/c14-11-4-10(12(15)18-17-11)13(20)16-5-9-6-19-3-1-2-8(19)7-21-9/h4,8-9H,1-3,5-7H2,(H,16,20). The van der Waals surface area contributed by atoms with Gasteiger partial charge in [-0.15, -0.1) is 10.2 Å². The van der Waals surface area contributed by atoms with E-state index >= 15 is 0 Å². The number of ether oxygens (including phenoxy) is 1. The molecule has 21 heavy (non-hydrogen) atoms. The zero-order chi connectivity index (χ0) is 14.8. The lowest BCUT2D eigenvalue weighted by atomic mass is 10.2. The molecule has 2 aliphatic rings. The molecule has 1 amide bonds. The van der Waals surface area contributed by atoms with Gasteiger partial charge in [0.25, 0.3) is 5.91 Å². The van der Waals surface area contributed by atoms with Gasteiger partial charge in [-0.25, -0.2) is 0 Å². The number of aromatic nitrogens is 2. The van der Waals surface area contributed by atoms with Gasteiger partial charge in [0.05, 0.1) is 18.3 Å². The molecular weight excluding hydrogens is 315 g/mol. The molecule has 0 aliphatic carbocycles. The largest absolute Gasteiger partial charge is 0.373 e. The molecule has 0 spiro atoms. The molecule has 0 bridgehead atoms. The first-order valence-electron chi connectivity index (χ1n) is 6.96. The van der Waals surface area contributed by atoms with E-state index in [1.54, 1.807) is 0 Å². The molecule has 3 rings (SSSR count). The number of halogens is 2.